The monoisotopic (exact) mass is 556 g/mol. The first-order valence-corrected chi connectivity index (χ1v) is 13.8. The lowest BCUT2D eigenvalue weighted by atomic mass is 9.92. The summed E-state index contributed by atoms with van der Waals surface area (Å²) < 4.78 is 6.07. The number of rotatable bonds is 8. The number of fused-ring (bicyclic) bond motifs is 3. The number of hydrogen-bond donors (Lipinski definition) is 4. The largest absolute Gasteiger partial charge is 0.493 e. The number of carboxylic acids is 1. The number of carbonyl (C=O) groups is 3. The Hall–Kier alpha value is -4.54. The van der Waals surface area contributed by atoms with Gasteiger partial charge in [0.25, 0.3) is 11.8 Å². The molecule has 0 saturated carbocycles. The summed E-state index contributed by atoms with van der Waals surface area (Å²) in [5.41, 5.74) is 10.5. The van der Waals surface area contributed by atoms with Crippen LogP contribution in [0.3, 0.4) is 0 Å². The van der Waals surface area contributed by atoms with Gasteiger partial charge in [0.2, 0.25) is 0 Å². The molecule has 0 spiro atoms. The van der Waals surface area contributed by atoms with Crippen molar-refractivity contribution in [2.75, 3.05) is 18.5 Å². The van der Waals surface area contributed by atoms with Crippen LogP contribution in [-0.4, -0.2) is 41.0 Å². The van der Waals surface area contributed by atoms with E-state index in [-0.39, 0.29) is 22.5 Å². The van der Waals surface area contributed by atoms with E-state index in [1.165, 1.54) is 12.1 Å². The molecule has 204 valence electrons. The SMILES string of the molecule is CCCNC(=O)c1ccc(-c2cc3c(cc2C(=O)Nc2ccc(CN)cc2)-c2cscc2CCO3)c(C(=O)O)n1. The number of carboxylic acid groups (broad SMARTS) is 1. The summed E-state index contributed by atoms with van der Waals surface area (Å²) in [6.45, 7) is 3.17. The Bertz CT molecular complexity index is 1600. The van der Waals surface area contributed by atoms with E-state index in [2.05, 4.69) is 21.0 Å². The number of benzene rings is 2. The third-order valence-electron chi connectivity index (χ3n) is 6.63. The smallest absolute Gasteiger partial charge is 0.355 e. The van der Waals surface area contributed by atoms with Gasteiger partial charge in [-0.2, -0.15) is 11.3 Å². The number of nitrogens with two attached hydrogens (primary N) is 1. The second-order valence-corrected chi connectivity index (χ2v) is 10.1. The van der Waals surface area contributed by atoms with E-state index in [1.807, 2.05) is 24.4 Å². The van der Waals surface area contributed by atoms with Gasteiger partial charge in [0.05, 0.1) is 6.61 Å². The van der Waals surface area contributed by atoms with E-state index >= 15 is 0 Å². The summed E-state index contributed by atoms with van der Waals surface area (Å²) in [6, 6.07) is 13.6. The summed E-state index contributed by atoms with van der Waals surface area (Å²) in [5, 5.41) is 19.8. The van der Waals surface area contributed by atoms with Crippen molar-refractivity contribution in [1.29, 1.82) is 0 Å². The molecule has 5 rings (SSSR count). The van der Waals surface area contributed by atoms with Gasteiger partial charge in [-0.15, -0.1) is 0 Å². The summed E-state index contributed by atoms with van der Waals surface area (Å²) in [5.74, 6) is -1.68. The Labute approximate surface area is 235 Å². The average molecular weight is 557 g/mol. The second kappa shape index (κ2) is 11.7. The van der Waals surface area contributed by atoms with Crippen molar-refractivity contribution in [2.24, 2.45) is 5.73 Å². The minimum absolute atomic E-state index is 0.0190. The summed E-state index contributed by atoms with van der Waals surface area (Å²) in [6.07, 6.45) is 1.44. The Morgan fingerprint density at radius 3 is 2.52 bits per heavy atom. The lowest BCUT2D eigenvalue weighted by molar-refractivity contribution is 0.0691. The molecule has 5 N–H and O–H groups in total. The van der Waals surface area contributed by atoms with E-state index in [9.17, 15) is 19.5 Å². The lowest BCUT2D eigenvalue weighted by Crippen LogP contribution is -2.25. The highest BCUT2D eigenvalue weighted by Crippen LogP contribution is 2.42. The van der Waals surface area contributed by atoms with Gasteiger partial charge >= 0.3 is 5.97 Å². The van der Waals surface area contributed by atoms with Crippen LogP contribution in [0, 0.1) is 0 Å². The first-order chi connectivity index (χ1) is 19.4. The molecule has 0 bridgehead atoms. The van der Waals surface area contributed by atoms with E-state index in [0.29, 0.717) is 43.1 Å². The number of amides is 2. The van der Waals surface area contributed by atoms with Crippen LogP contribution in [0.4, 0.5) is 5.69 Å². The van der Waals surface area contributed by atoms with Crippen molar-refractivity contribution in [1.82, 2.24) is 10.3 Å². The number of pyridine rings is 1. The fourth-order valence-electron chi connectivity index (χ4n) is 4.56. The molecule has 3 heterocycles. The molecule has 9 nitrogen and oxygen atoms in total. The van der Waals surface area contributed by atoms with Crippen molar-refractivity contribution in [3.05, 3.63) is 87.4 Å². The molecular weight excluding hydrogens is 528 g/mol. The molecule has 4 aromatic rings. The van der Waals surface area contributed by atoms with Crippen LogP contribution in [-0.2, 0) is 13.0 Å². The normalized spacial score (nSPS) is 11.9. The zero-order chi connectivity index (χ0) is 28.2. The zero-order valence-corrected chi connectivity index (χ0v) is 22.6. The molecule has 0 atom stereocenters. The maximum atomic E-state index is 13.8. The molecule has 2 amide bonds. The zero-order valence-electron chi connectivity index (χ0n) is 21.8. The van der Waals surface area contributed by atoms with Gasteiger partial charge in [-0.25, -0.2) is 9.78 Å². The van der Waals surface area contributed by atoms with E-state index in [0.717, 1.165) is 28.7 Å². The first kappa shape index (κ1) is 27.0. The number of nitrogens with one attached hydrogen (secondary N) is 2. The number of ether oxygens (including phenoxy) is 1. The number of aromatic nitrogens is 1. The van der Waals surface area contributed by atoms with Crippen molar-refractivity contribution in [3.8, 4) is 28.0 Å². The summed E-state index contributed by atoms with van der Waals surface area (Å²) >= 11 is 1.57. The minimum atomic E-state index is -1.32. The topological polar surface area (TPSA) is 144 Å². The van der Waals surface area contributed by atoms with Gasteiger partial charge in [0.1, 0.15) is 11.4 Å². The predicted molar refractivity (Wildman–Crippen MR) is 154 cm³/mol. The van der Waals surface area contributed by atoms with E-state index in [4.69, 9.17) is 10.5 Å². The number of thiophene rings is 1. The second-order valence-electron chi connectivity index (χ2n) is 9.31. The van der Waals surface area contributed by atoms with E-state index in [1.54, 1.807) is 35.6 Å². The molecule has 10 heteroatoms. The molecule has 2 aromatic heterocycles. The number of hydrogen-bond acceptors (Lipinski definition) is 7. The van der Waals surface area contributed by atoms with Crippen LogP contribution in [0.2, 0.25) is 0 Å². The maximum absolute atomic E-state index is 13.8. The molecule has 40 heavy (non-hydrogen) atoms. The quantitative estimate of drug-likeness (QED) is 0.240. The van der Waals surface area contributed by atoms with Crippen LogP contribution < -0.4 is 21.1 Å². The molecule has 0 fully saturated rings. The molecule has 2 aromatic carbocycles. The van der Waals surface area contributed by atoms with Crippen LogP contribution in [0.5, 0.6) is 5.75 Å². The van der Waals surface area contributed by atoms with Gasteiger partial charge in [0, 0.05) is 47.5 Å². The van der Waals surface area contributed by atoms with E-state index < -0.39 is 17.8 Å². The van der Waals surface area contributed by atoms with Crippen LogP contribution in [0.1, 0.15) is 55.8 Å². The van der Waals surface area contributed by atoms with Crippen molar-refractivity contribution in [2.45, 2.75) is 26.3 Å². The van der Waals surface area contributed by atoms with Crippen molar-refractivity contribution >= 4 is 34.8 Å². The number of aromatic carboxylic acids is 1. The fraction of sp³-hybridized carbons (Fsp3) is 0.200. The molecule has 0 radical (unpaired) electrons. The molecule has 1 aliphatic heterocycles. The van der Waals surface area contributed by atoms with Crippen LogP contribution in [0.25, 0.3) is 22.3 Å². The highest BCUT2D eigenvalue weighted by molar-refractivity contribution is 7.08. The highest BCUT2D eigenvalue weighted by atomic mass is 32.1. The molecule has 0 saturated heterocycles. The predicted octanol–water partition coefficient (Wildman–Crippen LogP) is 4.96. The first-order valence-electron chi connectivity index (χ1n) is 12.9. The standard InChI is InChI=1S/C30H28N4O5S/c1-2-10-32-29(36)25-8-7-20(27(34-25)30(37)38)21-13-26-22(24-16-40-15-18(24)9-11-39-26)12-23(21)28(35)33-19-5-3-17(14-31)4-6-19/h3-8,12-13,15-16H,2,9-11,14,31H2,1H3,(H,32,36)(H,33,35)(H,37,38). The highest BCUT2D eigenvalue weighted by Gasteiger charge is 2.26. The van der Waals surface area contributed by atoms with Crippen molar-refractivity contribution < 1.29 is 24.2 Å². The summed E-state index contributed by atoms with van der Waals surface area (Å²) in [4.78, 5) is 42.8. The average Bonchev–Trinajstić information content (AvgIpc) is 3.37. The maximum Gasteiger partial charge on any atom is 0.355 e. The van der Waals surface area contributed by atoms with Crippen molar-refractivity contribution in [3.63, 3.8) is 0 Å². The van der Waals surface area contributed by atoms with Gasteiger partial charge < -0.3 is 26.2 Å². The van der Waals surface area contributed by atoms with Gasteiger partial charge in [-0.05, 0) is 70.3 Å². The Balaban J connectivity index is 1.65. The molecule has 0 aliphatic carbocycles. The summed E-state index contributed by atoms with van der Waals surface area (Å²) in [7, 11) is 0. The third kappa shape index (κ3) is 5.45. The molecule has 0 unspecified atom stereocenters. The van der Waals surface area contributed by atoms with Gasteiger partial charge in [-0.3, -0.25) is 9.59 Å². The number of anilines is 1. The lowest BCUT2D eigenvalue weighted by Gasteiger charge is -2.17. The number of carbonyl (C=O) groups excluding carboxylic acids is 2. The van der Waals surface area contributed by atoms with Gasteiger partial charge in [0.15, 0.2) is 5.69 Å². The Morgan fingerprint density at radius 1 is 1.00 bits per heavy atom. The Morgan fingerprint density at radius 2 is 1.80 bits per heavy atom. The number of nitrogens with zero attached hydrogens (tertiary/aromatic N) is 1. The van der Waals surface area contributed by atoms with Crippen LogP contribution >= 0.6 is 11.3 Å². The minimum Gasteiger partial charge on any atom is -0.493 e. The molecular formula is C30H28N4O5S. The fourth-order valence-corrected chi connectivity index (χ4v) is 5.45. The molecule has 1 aliphatic rings. The van der Waals surface area contributed by atoms with Gasteiger partial charge in [-0.1, -0.05) is 19.1 Å². The van der Waals surface area contributed by atoms with Crippen LogP contribution in [0.15, 0.2) is 59.3 Å². The third-order valence-corrected chi connectivity index (χ3v) is 7.42. The Kier molecular flexibility index (Phi) is 7.90.